The molecule has 42 heavy (non-hydrogen) atoms. The summed E-state index contributed by atoms with van der Waals surface area (Å²) in [5.74, 6) is -0.548. The van der Waals surface area contributed by atoms with Gasteiger partial charge in [-0.15, -0.1) is 0 Å². The van der Waals surface area contributed by atoms with Crippen molar-refractivity contribution in [2.24, 2.45) is 0 Å². The van der Waals surface area contributed by atoms with E-state index in [4.69, 9.17) is 9.47 Å². The lowest BCUT2D eigenvalue weighted by Crippen LogP contribution is -2.44. The minimum Gasteiger partial charge on any atom is -0.469 e. The van der Waals surface area contributed by atoms with Crippen molar-refractivity contribution >= 4 is 23.9 Å². The van der Waals surface area contributed by atoms with E-state index in [0.717, 1.165) is 44.9 Å². The van der Waals surface area contributed by atoms with Crippen molar-refractivity contribution < 1.29 is 33.4 Å². The van der Waals surface area contributed by atoms with Crippen LogP contribution in [0.5, 0.6) is 0 Å². The van der Waals surface area contributed by atoms with Crippen molar-refractivity contribution in [2.45, 2.75) is 154 Å². The Morgan fingerprint density at radius 2 is 1.19 bits per heavy atom. The normalized spacial score (nSPS) is 12.1. The molecule has 244 valence electrons. The van der Waals surface area contributed by atoms with Crippen molar-refractivity contribution in [3.05, 3.63) is 12.2 Å². The molecular weight excluding hydrogens is 536 g/mol. The van der Waals surface area contributed by atoms with Gasteiger partial charge in [-0.25, -0.2) is 9.59 Å². The molecule has 0 bridgehead atoms. The fourth-order valence-corrected chi connectivity index (χ4v) is 4.46. The maximum atomic E-state index is 12.1. The number of esters is 2. The van der Waals surface area contributed by atoms with E-state index in [1.807, 2.05) is 0 Å². The summed E-state index contributed by atoms with van der Waals surface area (Å²) < 4.78 is 14.6. The summed E-state index contributed by atoms with van der Waals surface area (Å²) in [6.45, 7) is 5.82. The summed E-state index contributed by atoms with van der Waals surface area (Å²) in [6, 6.07) is -0.769. The van der Waals surface area contributed by atoms with Crippen LogP contribution in [-0.4, -0.2) is 56.3 Å². The minimum atomic E-state index is -0.769. The van der Waals surface area contributed by atoms with Gasteiger partial charge in [0, 0.05) is 19.4 Å². The van der Waals surface area contributed by atoms with Crippen molar-refractivity contribution in [1.82, 2.24) is 10.6 Å². The Morgan fingerprint density at radius 3 is 1.71 bits per heavy atom. The summed E-state index contributed by atoms with van der Waals surface area (Å²) in [5.41, 5.74) is -0.649. The van der Waals surface area contributed by atoms with Crippen LogP contribution in [0.25, 0.3) is 0 Å². The Balaban J connectivity index is 3.61. The smallest absolute Gasteiger partial charge is 0.408 e. The number of nitrogens with one attached hydrogen (secondary N) is 2. The number of amides is 2. The molecule has 1 atom stereocenters. The highest BCUT2D eigenvalue weighted by Crippen LogP contribution is 2.12. The molecule has 0 aromatic carbocycles. The van der Waals surface area contributed by atoms with Gasteiger partial charge in [0.05, 0.1) is 14.2 Å². The number of methoxy groups -OCH3 is 2. The first kappa shape index (κ1) is 39.4. The molecule has 0 aliphatic rings. The molecule has 0 aromatic rings. The number of hydrogen-bond donors (Lipinski definition) is 2. The van der Waals surface area contributed by atoms with Crippen LogP contribution in [0.2, 0.25) is 0 Å². The van der Waals surface area contributed by atoms with Gasteiger partial charge in [-0.1, -0.05) is 63.5 Å². The first-order valence-electron chi connectivity index (χ1n) is 16.1. The number of alkyl carbamates (subject to hydrolysis) is 1. The van der Waals surface area contributed by atoms with E-state index in [-0.39, 0.29) is 11.9 Å². The van der Waals surface area contributed by atoms with E-state index >= 15 is 0 Å². The van der Waals surface area contributed by atoms with Crippen molar-refractivity contribution in [2.75, 3.05) is 20.8 Å². The predicted octanol–water partition coefficient (Wildman–Crippen LogP) is 7.31. The number of ether oxygens (including phenoxy) is 3. The number of allylic oxidation sites excluding steroid dienone is 2. The van der Waals surface area contributed by atoms with Gasteiger partial charge in [-0.3, -0.25) is 9.59 Å². The minimum absolute atomic E-state index is 0.0649. The lowest BCUT2D eigenvalue weighted by Gasteiger charge is -2.22. The SMILES string of the molecule is COC(=O)CCCCCCCC/C=C/CCCCCCCCC(=O)NCCCC[C@H](NC(=O)OC(C)(C)C)C(=O)OC. The lowest BCUT2D eigenvalue weighted by atomic mass is 10.1. The molecule has 0 saturated carbocycles. The van der Waals surface area contributed by atoms with Gasteiger partial charge >= 0.3 is 18.0 Å². The van der Waals surface area contributed by atoms with Crippen LogP contribution in [0.4, 0.5) is 4.79 Å². The zero-order valence-electron chi connectivity index (χ0n) is 27.2. The largest absolute Gasteiger partial charge is 0.469 e. The molecule has 0 rings (SSSR count). The van der Waals surface area contributed by atoms with Crippen molar-refractivity contribution in [1.29, 1.82) is 0 Å². The predicted molar refractivity (Wildman–Crippen MR) is 167 cm³/mol. The molecule has 0 radical (unpaired) electrons. The quantitative estimate of drug-likeness (QED) is 0.0491. The molecule has 0 fully saturated rings. The molecule has 0 aliphatic heterocycles. The Morgan fingerprint density at radius 1 is 0.667 bits per heavy atom. The van der Waals surface area contributed by atoms with Gasteiger partial charge in [0.2, 0.25) is 5.91 Å². The van der Waals surface area contributed by atoms with Crippen LogP contribution in [0.3, 0.4) is 0 Å². The summed E-state index contributed by atoms with van der Waals surface area (Å²) in [5, 5.41) is 5.51. The number of carbonyl (C=O) groups is 4. The number of carbonyl (C=O) groups excluding carboxylic acids is 4. The van der Waals surface area contributed by atoms with Gasteiger partial charge < -0.3 is 24.8 Å². The highest BCUT2D eigenvalue weighted by Gasteiger charge is 2.24. The Kier molecular flexibility index (Phi) is 24.5. The van der Waals surface area contributed by atoms with Crippen LogP contribution in [-0.2, 0) is 28.6 Å². The zero-order chi connectivity index (χ0) is 31.5. The maximum absolute atomic E-state index is 12.1. The summed E-state index contributed by atoms with van der Waals surface area (Å²) in [7, 11) is 2.73. The Labute approximate surface area is 255 Å². The third-order valence-electron chi connectivity index (χ3n) is 6.84. The average Bonchev–Trinajstić information content (AvgIpc) is 2.94. The summed E-state index contributed by atoms with van der Waals surface area (Å²) in [6.07, 6.45) is 22.9. The first-order chi connectivity index (χ1) is 20.1. The third kappa shape index (κ3) is 26.3. The molecule has 0 saturated heterocycles. The fourth-order valence-electron chi connectivity index (χ4n) is 4.46. The van der Waals surface area contributed by atoms with E-state index in [9.17, 15) is 19.2 Å². The van der Waals surface area contributed by atoms with Gasteiger partial charge in [0.1, 0.15) is 11.6 Å². The molecule has 9 heteroatoms. The molecule has 0 aliphatic carbocycles. The van der Waals surface area contributed by atoms with Crippen LogP contribution >= 0.6 is 0 Å². The first-order valence-corrected chi connectivity index (χ1v) is 16.1. The molecule has 0 unspecified atom stereocenters. The standard InChI is InChI=1S/C33H60N2O7/c1-33(2,3)42-32(39)35-28(31(38)41-5)24-22-23-27-34-29(36)25-20-18-16-14-12-10-8-6-7-9-11-13-15-17-19-21-26-30(37)40-4/h6-7,28H,8-27H2,1-5H3,(H,34,36)(H,35,39)/b7-6+/t28-/m0/s1. The molecule has 0 heterocycles. The molecule has 0 aromatic heterocycles. The second-order valence-corrected chi connectivity index (χ2v) is 11.9. The molecular formula is C33H60N2O7. The van der Waals surface area contributed by atoms with Crippen LogP contribution < -0.4 is 10.6 Å². The zero-order valence-corrected chi connectivity index (χ0v) is 27.2. The van der Waals surface area contributed by atoms with E-state index in [0.29, 0.717) is 38.6 Å². The summed E-state index contributed by atoms with van der Waals surface area (Å²) >= 11 is 0. The number of rotatable bonds is 25. The molecule has 0 spiro atoms. The van der Waals surface area contributed by atoms with Crippen LogP contribution in [0, 0.1) is 0 Å². The second-order valence-electron chi connectivity index (χ2n) is 11.9. The van der Waals surface area contributed by atoms with Gasteiger partial charge in [0.25, 0.3) is 0 Å². The van der Waals surface area contributed by atoms with Gasteiger partial charge in [-0.2, -0.15) is 0 Å². The fraction of sp³-hybridized carbons (Fsp3) is 0.818. The van der Waals surface area contributed by atoms with E-state index < -0.39 is 23.7 Å². The van der Waals surface area contributed by atoms with E-state index in [1.165, 1.54) is 59.2 Å². The highest BCUT2D eigenvalue weighted by molar-refractivity contribution is 5.81. The van der Waals surface area contributed by atoms with Gasteiger partial charge in [-0.05, 0) is 78.6 Å². The van der Waals surface area contributed by atoms with Crippen LogP contribution in [0.1, 0.15) is 143 Å². The van der Waals surface area contributed by atoms with Gasteiger partial charge in [0.15, 0.2) is 0 Å². The van der Waals surface area contributed by atoms with Crippen molar-refractivity contribution in [3.8, 4) is 0 Å². The van der Waals surface area contributed by atoms with Crippen molar-refractivity contribution in [3.63, 3.8) is 0 Å². The number of hydrogen-bond acceptors (Lipinski definition) is 7. The second kappa shape index (κ2) is 26.1. The molecule has 2 N–H and O–H groups in total. The molecule has 9 nitrogen and oxygen atoms in total. The third-order valence-corrected chi connectivity index (χ3v) is 6.84. The highest BCUT2D eigenvalue weighted by atomic mass is 16.6. The topological polar surface area (TPSA) is 120 Å². The van der Waals surface area contributed by atoms with Crippen LogP contribution in [0.15, 0.2) is 12.2 Å². The van der Waals surface area contributed by atoms with E-state index in [2.05, 4.69) is 27.5 Å². The molecule has 2 amide bonds. The average molecular weight is 597 g/mol. The van der Waals surface area contributed by atoms with E-state index in [1.54, 1.807) is 20.8 Å². The summed E-state index contributed by atoms with van der Waals surface area (Å²) in [4.78, 5) is 47.1. The lowest BCUT2D eigenvalue weighted by molar-refractivity contribution is -0.143. The Bertz CT molecular complexity index is 762. The maximum Gasteiger partial charge on any atom is 0.408 e. The number of unbranched alkanes of at least 4 members (excludes halogenated alkanes) is 13. The Hall–Kier alpha value is -2.58. The monoisotopic (exact) mass is 596 g/mol.